The van der Waals surface area contributed by atoms with Gasteiger partial charge in [0, 0.05) is 22.0 Å². The van der Waals surface area contributed by atoms with Gasteiger partial charge in [-0.3, -0.25) is 4.72 Å². The lowest BCUT2D eigenvalue weighted by atomic mass is 10.2. The normalized spacial score (nSPS) is 12.5. The lowest BCUT2D eigenvalue weighted by Crippen LogP contribution is -2.13. The molecule has 0 aliphatic carbocycles. The van der Waals surface area contributed by atoms with Gasteiger partial charge in [0.2, 0.25) is 5.09 Å². The van der Waals surface area contributed by atoms with Gasteiger partial charge in [-0.2, -0.15) is 18.4 Å². The minimum absolute atomic E-state index is 0.154. The third-order valence-electron chi connectivity index (χ3n) is 3.39. The molecule has 0 atom stereocenters. The summed E-state index contributed by atoms with van der Waals surface area (Å²) in [5.41, 5.74) is 1.40. The van der Waals surface area contributed by atoms with Crippen LogP contribution < -0.4 is 4.72 Å². The number of para-hydroxylation sites is 1. The molecule has 3 rings (SSSR count). The van der Waals surface area contributed by atoms with E-state index in [9.17, 15) is 8.42 Å². The SMILES string of the molecule is CS(C)(C)C#Cc1ccc(Cl)cc1NS(=O)(=O)c1cc2ccccc2o1. The molecule has 1 N–H and O–H groups in total. The highest BCUT2D eigenvalue weighted by Gasteiger charge is 2.21. The average Bonchev–Trinajstić information content (AvgIpc) is 2.98. The molecule has 0 saturated carbocycles. The van der Waals surface area contributed by atoms with E-state index in [4.69, 9.17) is 16.0 Å². The summed E-state index contributed by atoms with van der Waals surface area (Å²) in [7, 11) is -4.96. The standard InChI is InChI=1S/C19H18ClNO3S2/c1-25(2,3)11-10-14-8-9-16(20)13-17(14)21-26(22,23)19-12-15-6-4-5-7-18(15)24-19/h4-9,12-13,21H,1-3H3. The van der Waals surface area contributed by atoms with Crippen LogP contribution in [-0.4, -0.2) is 27.2 Å². The van der Waals surface area contributed by atoms with E-state index in [1.807, 2.05) is 6.07 Å². The molecule has 4 nitrogen and oxygen atoms in total. The molecule has 0 amide bonds. The van der Waals surface area contributed by atoms with Gasteiger partial charge in [0.1, 0.15) is 5.58 Å². The second kappa shape index (κ2) is 6.92. The Morgan fingerprint density at radius 3 is 2.46 bits per heavy atom. The third-order valence-corrected chi connectivity index (χ3v) is 5.55. The number of anilines is 1. The number of rotatable bonds is 3. The van der Waals surface area contributed by atoms with Crippen molar-refractivity contribution < 1.29 is 12.8 Å². The predicted molar refractivity (Wildman–Crippen MR) is 111 cm³/mol. The molecule has 0 spiro atoms. The monoisotopic (exact) mass is 407 g/mol. The largest absolute Gasteiger partial charge is 0.443 e. The van der Waals surface area contributed by atoms with Crippen LogP contribution in [0.3, 0.4) is 0 Å². The van der Waals surface area contributed by atoms with Crippen LogP contribution in [0.4, 0.5) is 5.69 Å². The van der Waals surface area contributed by atoms with E-state index < -0.39 is 20.1 Å². The topological polar surface area (TPSA) is 59.3 Å². The summed E-state index contributed by atoms with van der Waals surface area (Å²) in [4.78, 5) is 0. The Morgan fingerprint density at radius 1 is 1.04 bits per heavy atom. The Morgan fingerprint density at radius 2 is 1.77 bits per heavy atom. The van der Waals surface area contributed by atoms with Gasteiger partial charge < -0.3 is 4.42 Å². The van der Waals surface area contributed by atoms with Crippen molar-refractivity contribution in [2.75, 3.05) is 23.5 Å². The summed E-state index contributed by atoms with van der Waals surface area (Å²) in [5.74, 6) is 3.05. The zero-order valence-electron chi connectivity index (χ0n) is 14.5. The molecule has 136 valence electrons. The maximum atomic E-state index is 12.7. The minimum atomic E-state index is -3.90. The molecule has 26 heavy (non-hydrogen) atoms. The van der Waals surface area contributed by atoms with Crippen molar-refractivity contribution in [1.82, 2.24) is 0 Å². The fourth-order valence-electron chi connectivity index (χ4n) is 2.20. The van der Waals surface area contributed by atoms with Gasteiger partial charge in [-0.25, -0.2) is 0 Å². The highest BCUT2D eigenvalue weighted by Crippen LogP contribution is 2.33. The van der Waals surface area contributed by atoms with Gasteiger partial charge >= 0.3 is 0 Å². The zero-order valence-corrected chi connectivity index (χ0v) is 16.9. The molecule has 0 aliphatic heterocycles. The van der Waals surface area contributed by atoms with Crippen LogP contribution >= 0.6 is 21.6 Å². The minimum Gasteiger partial charge on any atom is -0.443 e. The molecule has 2 aromatic carbocycles. The van der Waals surface area contributed by atoms with Gasteiger partial charge in [0.25, 0.3) is 10.0 Å². The average molecular weight is 408 g/mol. The van der Waals surface area contributed by atoms with Crippen LogP contribution in [0.1, 0.15) is 5.56 Å². The molecule has 0 unspecified atom stereocenters. The van der Waals surface area contributed by atoms with Crippen LogP contribution in [0, 0.1) is 11.2 Å². The van der Waals surface area contributed by atoms with Crippen molar-refractivity contribution in [2.24, 2.45) is 0 Å². The molecule has 1 aromatic heterocycles. The van der Waals surface area contributed by atoms with Crippen LogP contribution in [0.25, 0.3) is 11.0 Å². The van der Waals surface area contributed by atoms with E-state index in [2.05, 4.69) is 34.7 Å². The lowest BCUT2D eigenvalue weighted by molar-refractivity contribution is 0.484. The second-order valence-electron chi connectivity index (χ2n) is 6.46. The van der Waals surface area contributed by atoms with Crippen molar-refractivity contribution in [3.63, 3.8) is 0 Å². The Bertz CT molecular complexity index is 1100. The first-order chi connectivity index (χ1) is 12.1. The summed E-state index contributed by atoms with van der Waals surface area (Å²) in [6.07, 6.45) is 6.19. The molecule has 0 bridgehead atoms. The molecular formula is C19H18ClNO3S2. The van der Waals surface area contributed by atoms with Crippen LogP contribution in [-0.2, 0) is 10.0 Å². The second-order valence-corrected chi connectivity index (χ2v) is 12.4. The van der Waals surface area contributed by atoms with Gasteiger partial charge in [-0.15, -0.1) is 0 Å². The smallest absolute Gasteiger partial charge is 0.295 e. The molecule has 0 saturated heterocycles. The summed E-state index contributed by atoms with van der Waals surface area (Å²) in [5, 5.41) is 4.16. The Balaban J connectivity index is 2.01. The van der Waals surface area contributed by atoms with Crippen molar-refractivity contribution in [3.8, 4) is 11.2 Å². The number of fused-ring (bicyclic) bond motifs is 1. The number of sulfonamides is 1. The van der Waals surface area contributed by atoms with E-state index in [-0.39, 0.29) is 5.09 Å². The van der Waals surface area contributed by atoms with Crippen LogP contribution in [0.15, 0.2) is 58.0 Å². The molecule has 0 radical (unpaired) electrons. The number of halogens is 1. The Hall–Kier alpha value is -2.07. The maximum Gasteiger partial charge on any atom is 0.295 e. The molecular weight excluding hydrogens is 390 g/mol. The number of benzene rings is 2. The van der Waals surface area contributed by atoms with Crippen molar-refractivity contribution >= 4 is 48.3 Å². The van der Waals surface area contributed by atoms with E-state index in [1.165, 1.54) is 6.07 Å². The fourth-order valence-corrected chi connectivity index (χ4v) is 3.83. The van der Waals surface area contributed by atoms with E-state index in [0.29, 0.717) is 21.9 Å². The lowest BCUT2D eigenvalue weighted by Gasteiger charge is -2.15. The van der Waals surface area contributed by atoms with E-state index in [0.717, 1.165) is 5.39 Å². The maximum absolute atomic E-state index is 12.7. The van der Waals surface area contributed by atoms with Crippen molar-refractivity contribution in [1.29, 1.82) is 0 Å². The number of hydrogen-bond donors (Lipinski definition) is 1. The fraction of sp³-hybridized carbons (Fsp3) is 0.158. The summed E-state index contributed by atoms with van der Waals surface area (Å²) >= 11 is 6.04. The first-order valence-electron chi connectivity index (χ1n) is 7.66. The summed E-state index contributed by atoms with van der Waals surface area (Å²) < 4.78 is 33.5. The Labute approximate surface area is 159 Å². The van der Waals surface area contributed by atoms with Crippen LogP contribution in [0.5, 0.6) is 0 Å². The number of furan rings is 1. The zero-order chi connectivity index (χ0) is 18.9. The first kappa shape index (κ1) is 18.7. The van der Waals surface area contributed by atoms with Gasteiger partial charge in [-0.1, -0.05) is 35.7 Å². The molecule has 0 fully saturated rings. The van der Waals surface area contributed by atoms with E-state index >= 15 is 0 Å². The molecule has 0 aliphatic rings. The summed E-state index contributed by atoms with van der Waals surface area (Å²) in [6, 6.07) is 13.5. The predicted octanol–water partition coefficient (Wildman–Crippen LogP) is 4.89. The van der Waals surface area contributed by atoms with Gasteiger partial charge in [-0.05, 0) is 48.3 Å². The van der Waals surface area contributed by atoms with Crippen molar-refractivity contribution in [2.45, 2.75) is 5.09 Å². The first-order valence-corrected chi connectivity index (χ1v) is 12.4. The van der Waals surface area contributed by atoms with Crippen molar-refractivity contribution in [3.05, 3.63) is 59.1 Å². The molecule has 1 heterocycles. The van der Waals surface area contributed by atoms with Gasteiger partial charge in [0.05, 0.1) is 5.69 Å². The highest BCUT2D eigenvalue weighted by atomic mass is 35.5. The van der Waals surface area contributed by atoms with Crippen LogP contribution in [0.2, 0.25) is 5.02 Å². The number of hydrogen-bond acceptors (Lipinski definition) is 3. The number of nitrogens with one attached hydrogen (secondary N) is 1. The third kappa shape index (κ3) is 4.36. The quantitative estimate of drug-likeness (QED) is 0.629. The highest BCUT2D eigenvalue weighted by molar-refractivity contribution is 8.36. The Kier molecular flexibility index (Phi) is 4.98. The van der Waals surface area contributed by atoms with Gasteiger partial charge in [0.15, 0.2) is 0 Å². The molecule has 3 aromatic rings. The summed E-state index contributed by atoms with van der Waals surface area (Å²) in [6.45, 7) is 0. The van der Waals surface area contributed by atoms with E-state index in [1.54, 1.807) is 36.4 Å². The molecule has 7 heteroatoms.